The van der Waals surface area contributed by atoms with E-state index in [1.54, 1.807) is 16.7 Å². The SMILES string of the molecule is O=C(c1cccc(C(F)(F)F)c1)N1CCSCC1. The van der Waals surface area contributed by atoms with Gasteiger partial charge in [-0.15, -0.1) is 0 Å². The Morgan fingerprint density at radius 2 is 1.89 bits per heavy atom. The minimum atomic E-state index is -4.41. The van der Waals surface area contributed by atoms with Crippen molar-refractivity contribution < 1.29 is 18.0 Å². The topological polar surface area (TPSA) is 20.3 Å². The molecule has 1 amide bonds. The van der Waals surface area contributed by atoms with E-state index in [2.05, 4.69) is 0 Å². The molecule has 1 heterocycles. The number of halogens is 3. The maximum atomic E-state index is 12.5. The van der Waals surface area contributed by atoms with Crippen LogP contribution in [0.1, 0.15) is 15.9 Å². The number of hydrogen-bond acceptors (Lipinski definition) is 2. The molecule has 0 unspecified atom stereocenters. The Morgan fingerprint density at radius 3 is 2.50 bits per heavy atom. The van der Waals surface area contributed by atoms with Crippen molar-refractivity contribution in [2.45, 2.75) is 6.18 Å². The first-order valence-corrected chi connectivity index (χ1v) is 6.68. The molecular weight excluding hydrogens is 263 g/mol. The van der Waals surface area contributed by atoms with Gasteiger partial charge >= 0.3 is 6.18 Å². The molecule has 0 spiro atoms. The van der Waals surface area contributed by atoms with Gasteiger partial charge in [0, 0.05) is 30.2 Å². The van der Waals surface area contributed by atoms with E-state index < -0.39 is 11.7 Å². The average molecular weight is 275 g/mol. The van der Waals surface area contributed by atoms with Crippen molar-refractivity contribution in [1.82, 2.24) is 4.90 Å². The molecule has 0 saturated carbocycles. The number of hydrogen-bond donors (Lipinski definition) is 0. The molecule has 0 aliphatic carbocycles. The van der Waals surface area contributed by atoms with Gasteiger partial charge in [-0.25, -0.2) is 0 Å². The summed E-state index contributed by atoms with van der Waals surface area (Å²) in [4.78, 5) is 13.6. The molecule has 0 bridgehead atoms. The number of carbonyl (C=O) groups excluding carboxylic acids is 1. The third-order valence-electron chi connectivity index (χ3n) is 2.74. The molecule has 0 aromatic heterocycles. The standard InChI is InChI=1S/C12H12F3NOS/c13-12(14,15)10-3-1-2-9(8-10)11(17)16-4-6-18-7-5-16/h1-3,8H,4-7H2. The summed E-state index contributed by atoms with van der Waals surface area (Å²) in [5.74, 6) is 1.36. The lowest BCUT2D eigenvalue weighted by molar-refractivity contribution is -0.137. The molecule has 1 aromatic carbocycles. The lowest BCUT2D eigenvalue weighted by Crippen LogP contribution is -2.37. The number of benzene rings is 1. The van der Waals surface area contributed by atoms with E-state index in [-0.39, 0.29) is 11.5 Å². The minimum absolute atomic E-state index is 0.108. The highest BCUT2D eigenvalue weighted by atomic mass is 32.2. The van der Waals surface area contributed by atoms with Crippen molar-refractivity contribution in [3.8, 4) is 0 Å². The lowest BCUT2D eigenvalue weighted by atomic mass is 10.1. The molecule has 1 saturated heterocycles. The number of thioether (sulfide) groups is 1. The number of rotatable bonds is 1. The first-order valence-electron chi connectivity index (χ1n) is 5.53. The first kappa shape index (κ1) is 13.3. The number of amides is 1. The number of alkyl halides is 3. The third kappa shape index (κ3) is 2.98. The lowest BCUT2D eigenvalue weighted by Gasteiger charge is -2.26. The number of carbonyl (C=O) groups is 1. The Hall–Kier alpha value is -1.17. The van der Waals surface area contributed by atoms with Crippen LogP contribution >= 0.6 is 11.8 Å². The molecule has 18 heavy (non-hydrogen) atoms. The van der Waals surface area contributed by atoms with E-state index in [1.165, 1.54) is 12.1 Å². The van der Waals surface area contributed by atoms with Gasteiger partial charge in [-0.05, 0) is 18.2 Å². The first-order chi connectivity index (χ1) is 8.48. The van der Waals surface area contributed by atoms with Crippen LogP contribution in [0.15, 0.2) is 24.3 Å². The van der Waals surface area contributed by atoms with Gasteiger partial charge in [0.05, 0.1) is 5.56 Å². The Kier molecular flexibility index (Phi) is 3.85. The van der Waals surface area contributed by atoms with E-state index >= 15 is 0 Å². The predicted molar refractivity (Wildman–Crippen MR) is 64.7 cm³/mol. The fraction of sp³-hybridized carbons (Fsp3) is 0.417. The van der Waals surface area contributed by atoms with Gasteiger partial charge in [-0.3, -0.25) is 4.79 Å². The maximum Gasteiger partial charge on any atom is 0.416 e. The Balaban J connectivity index is 2.20. The van der Waals surface area contributed by atoms with Crippen molar-refractivity contribution in [2.75, 3.05) is 24.6 Å². The van der Waals surface area contributed by atoms with E-state index in [9.17, 15) is 18.0 Å². The zero-order valence-corrected chi connectivity index (χ0v) is 10.4. The minimum Gasteiger partial charge on any atom is -0.337 e. The molecule has 1 aliphatic heterocycles. The fourth-order valence-electron chi connectivity index (χ4n) is 1.78. The second-order valence-electron chi connectivity index (χ2n) is 3.98. The molecule has 0 atom stereocenters. The van der Waals surface area contributed by atoms with Crippen LogP contribution in [0, 0.1) is 0 Å². The summed E-state index contributed by atoms with van der Waals surface area (Å²) in [5, 5.41) is 0. The second kappa shape index (κ2) is 5.22. The summed E-state index contributed by atoms with van der Waals surface area (Å²) in [7, 11) is 0. The Morgan fingerprint density at radius 1 is 1.22 bits per heavy atom. The van der Waals surface area contributed by atoms with Crippen molar-refractivity contribution in [3.63, 3.8) is 0 Å². The van der Waals surface area contributed by atoms with Crippen molar-refractivity contribution in [3.05, 3.63) is 35.4 Å². The van der Waals surface area contributed by atoms with Crippen LogP contribution in [-0.2, 0) is 6.18 Å². The second-order valence-corrected chi connectivity index (χ2v) is 5.21. The van der Waals surface area contributed by atoms with Gasteiger partial charge in [0.25, 0.3) is 5.91 Å². The molecule has 0 N–H and O–H groups in total. The quantitative estimate of drug-likeness (QED) is 0.785. The molecule has 1 aromatic rings. The third-order valence-corrected chi connectivity index (χ3v) is 3.68. The normalized spacial score (nSPS) is 16.7. The molecule has 6 heteroatoms. The average Bonchev–Trinajstić information content (AvgIpc) is 2.38. The summed E-state index contributed by atoms with van der Waals surface area (Å²) in [5.41, 5.74) is -0.670. The molecule has 2 nitrogen and oxygen atoms in total. The van der Waals surface area contributed by atoms with E-state index in [4.69, 9.17) is 0 Å². The largest absolute Gasteiger partial charge is 0.416 e. The maximum absolute atomic E-state index is 12.5. The Bertz CT molecular complexity index is 441. The van der Waals surface area contributed by atoms with Crippen LogP contribution in [0.5, 0.6) is 0 Å². The van der Waals surface area contributed by atoms with Crippen molar-refractivity contribution >= 4 is 17.7 Å². The molecule has 2 rings (SSSR count). The Labute approximate surface area is 107 Å². The molecule has 0 radical (unpaired) electrons. The molecule has 1 fully saturated rings. The van der Waals surface area contributed by atoms with Crippen LogP contribution in [0.3, 0.4) is 0 Å². The summed E-state index contributed by atoms with van der Waals surface area (Å²) in [6.07, 6.45) is -4.41. The summed E-state index contributed by atoms with van der Waals surface area (Å²) in [6.45, 7) is 1.19. The fourth-order valence-corrected chi connectivity index (χ4v) is 2.68. The van der Waals surface area contributed by atoms with Crippen molar-refractivity contribution in [2.24, 2.45) is 0 Å². The van der Waals surface area contributed by atoms with Crippen LogP contribution < -0.4 is 0 Å². The summed E-state index contributed by atoms with van der Waals surface area (Å²) >= 11 is 1.74. The highest BCUT2D eigenvalue weighted by molar-refractivity contribution is 7.99. The summed E-state index contributed by atoms with van der Waals surface area (Å²) < 4.78 is 37.6. The van der Waals surface area contributed by atoms with Crippen LogP contribution in [0.25, 0.3) is 0 Å². The smallest absolute Gasteiger partial charge is 0.337 e. The zero-order valence-electron chi connectivity index (χ0n) is 9.54. The van der Waals surface area contributed by atoms with E-state index in [0.29, 0.717) is 13.1 Å². The highest BCUT2D eigenvalue weighted by Gasteiger charge is 2.31. The van der Waals surface area contributed by atoms with Crippen LogP contribution in [-0.4, -0.2) is 35.4 Å². The summed E-state index contributed by atoms with van der Waals surface area (Å²) in [6, 6.07) is 4.60. The zero-order chi connectivity index (χ0) is 13.2. The van der Waals surface area contributed by atoms with Gasteiger partial charge < -0.3 is 4.90 Å². The molecular formula is C12H12F3NOS. The molecule has 1 aliphatic rings. The van der Waals surface area contributed by atoms with E-state index in [0.717, 1.165) is 23.6 Å². The number of nitrogens with zero attached hydrogens (tertiary/aromatic N) is 1. The van der Waals surface area contributed by atoms with Gasteiger partial charge in [0.15, 0.2) is 0 Å². The predicted octanol–water partition coefficient (Wildman–Crippen LogP) is 2.89. The monoisotopic (exact) mass is 275 g/mol. The highest BCUT2D eigenvalue weighted by Crippen LogP contribution is 2.29. The van der Waals surface area contributed by atoms with Crippen molar-refractivity contribution in [1.29, 1.82) is 0 Å². The van der Waals surface area contributed by atoms with Crippen LogP contribution in [0.4, 0.5) is 13.2 Å². The molecule has 98 valence electrons. The van der Waals surface area contributed by atoms with Gasteiger partial charge in [0.1, 0.15) is 0 Å². The van der Waals surface area contributed by atoms with E-state index in [1.807, 2.05) is 0 Å². The van der Waals surface area contributed by atoms with Gasteiger partial charge in [0.2, 0.25) is 0 Å². The van der Waals surface area contributed by atoms with Gasteiger partial charge in [-0.2, -0.15) is 24.9 Å². The van der Waals surface area contributed by atoms with Gasteiger partial charge in [-0.1, -0.05) is 6.07 Å². The van der Waals surface area contributed by atoms with Crippen LogP contribution in [0.2, 0.25) is 0 Å².